The van der Waals surface area contributed by atoms with Gasteiger partial charge in [-0.1, -0.05) is 43.2 Å². The largest absolute Gasteiger partial charge is 0.352 e. The average Bonchev–Trinajstić information content (AvgIpc) is 2.93. The second-order valence-corrected chi connectivity index (χ2v) is 5.64. The first-order valence-electron chi connectivity index (χ1n) is 7.26. The maximum absolute atomic E-state index is 12.1. The van der Waals surface area contributed by atoms with E-state index < -0.39 is 6.04 Å². The van der Waals surface area contributed by atoms with Crippen LogP contribution >= 0.6 is 12.4 Å². The van der Waals surface area contributed by atoms with Gasteiger partial charge in [-0.25, -0.2) is 0 Å². The van der Waals surface area contributed by atoms with Crippen molar-refractivity contribution in [1.29, 1.82) is 0 Å². The Morgan fingerprint density at radius 2 is 1.90 bits per heavy atom. The highest BCUT2D eigenvalue weighted by molar-refractivity contribution is 5.85. The Morgan fingerprint density at radius 3 is 2.50 bits per heavy atom. The fraction of sp³-hybridized carbons (Fsp3) is 0.562. The molecular formula is C16H25ClN2O. The summed E-state index contributed by atoms with van der Waals surface area (Å²) < 4.78 is 0. The van der Waals surface area contributed by atoms with E-state index in [0.29, 0.717) is 12.3 Å². The Hall–Kier alpha value is -1.06. The van der Waals surface area contributed by atoms with Gasteiger partial charge in [-0.15, -0.1) is 12.4 Å². The van der Waals surface area contributed by atoms with Crippen LogP contribution in [0.1, 0.15) is 38.2 Å². The number of carbonyl (C=O) groups excluding carboxylic acids is 1. The first-order chi connectivity index (χ1) is 9.16. The molecule has 1 aromatic rings. The number of rotatable bonds is 5. The smallest absolute Gasteiger partial charge is 0.237 e. The predicted molar refractivity (Wildman–Crippen MR) is 84.9 cm³/mol. The average molecular weight is 297 g/mol. The van der Waals surface area contributed by atoms with E-state index in [1.54, 1.807) is 0 Å². The van der Waals surface area contributed by atoms with Crippen LogP contribution in [0.4, 0.5) is 0 Å². The monoisotopic (exact) mass is 296 g/mol. The molecule has 0 bridgehead atoms. The van der Waals surface area contributed by atoms with Crippen LogP contribution in [0.2, 0.25) is 0 Å². The Labute approximate surface area is 127 Å². The van der Waals surface area contributed by atoms with Crippen LogP contribution in [0.25, 0.3) is 0 Å². The molecule has 0 aliphatic heterocycles. The van der Waals surface area contributed by atoms with Crippen molar-refractivity contribution in [2.75, 3.05) is 0 Å². The Morgan fingerprint density at radius 1 is 1.30 bits per heavy atom. The lowest BCUT2D eigenvalue weighted by atomic mass is 9.99. The van der Waals surface area contributed by atoms with Gasteiger partial charge in [0, 0.05) is 6.04 Å². The summed E-state index contributed by atoms with van der Waals surface area (Å²) >= 11 is 0. The molecule has 0 radical (unpaired) electrons. The lowest BCUT2D eigenvalue weighted by molar-refractivity contribution is -0.123. The number of nitrogens with one attached hydrogen (secondary N) is 1. The highest BCUT2D eigenvalue weighted by atomic mass is 35.5. The minimum Gasteiger partial charge on any atom is -0.352 e. The van der Waals surface area contributed by atoms with Gasteiger partial charge in [-0.2, -0.15) is 0 Å². The second-order valence-electron chi connectivity index (χ2n) is 5.64. The van der Waals surface area contributed by atoms with Crippen molar-refractivity contribution >= 4 is 18.3 Å². The van der Waals surface area contributed by atoms with Gasteiger partial charge >= 0.3 is 0 Å². The molecule has 3 nitrogen and oxygen atoms in total. The highest BCUT2D eigenvalue weighted by Gasteiger charge is 2.24. The van der Waals surface area contributed by atoms with Crippen molar-refractivity contribution in [1.82, 2.24) is 5.32 Å². The van der Waals surface area contributed by atoms with Crippen molar-refractivity contribution in [2.24, 2.45) is 11.7 Å². The van der Waals surface area contributed by atoms with E-state index in [-0.39, 0.29) is 24.4 Å². The zero-order chi connectivity index (χ0) is 13.7. The van der Waals surface area contributed by atoms with Crippen LogP contribution < -0.4 is 11.1 Å². The molecule has 1 unspecified atom stereocenters. The number of hydrogen-bond donors (Lipinski definition) is 2. The van der Waals surface area contributed by atoms with Gasteiger partial charge in [0.05, 0.1) is 6.04 Å². The number of benzene rings is 1. The molecule has 1 aliphatic carbocycles. The lowest BCUT2D eigenvalue weighted by Crippen LogP contribution is -2.47. The summed E-state index contributed by atoms with van der Waals surface area (Å²) in [7, 11) is 0. The van der Waals surface area contributed by atoms with Crippen molar-refractivity contribution in [3.8, 4) is 0 Å². The summed E-state index contributed by atoms with van der Waals surface area (Å²) in [4.78, 5) is 12.1. The van der Waals surface area contributed by atoms with Crippen molar-refractivity contribution < 1.29 is 4.79 Å². The SMILES string of the molecule is CC(NC(=O)[C@@H](N)Cc1ccccc1)C1CCCC1.Cl. The normalized spacial score (nSPS) is 18.1. The number of amides is 1. The minimum absolute atomic E-state index is 0. The Kier molecular flexibility index (Phi) is 7.03. The van der Waals surface area contributed by atoms with Crippen LogP contribution in [-0.4, -0.2) is 18.0 Å². The van der Waals surface area contributed by atoms with Gasteiger partial charge in [0.15, 0.2) is 0 Å². The van der Waals surface area contributed by atoms with Crippen LogP contribution in [-0.2, 0) is 11.2 Å². The molecule has 0 aromatic heterocycles. The van der Waals surface area contributed by atoms with Crippen LogP contribution in [0.5, 0.6) is 0 Å². The number of hydrogen-bond acceptors (Lipinski definition) is 2. The fourth-order valence-electron chi connectivity index (χ4n) is 2.87. The van der Waals surface area contributed by atoms with E-state index in [2.05, 4.69) is 12.2 Å². The molecule has 0 heterocycles. The molecule has 1 saturated carbocycles. The molecule has 2 atom stereocenters. The quantitative estimate of drug-likeness (QED) is 0.878. The van der Waals surface area contributed by atoms with E-state index in [0.717, 1.165) is 5.56 Å². The fourth-order valence-corrected chi connectivity index (χ4v) is 2.87. The van der Waals surface area contributed by atoms with Gasteiger partial charge in [0.2, 0.25) is 5.91 Å². The topological polar surface area (TPSA) is 55.1 Å². The molecule has 20 heavy (non-hydrogen) atoms. The van der Waals surface area contributed by atoms with E-state index in [4.69, 9.17) is 5.73 Å². The van der Waals surface area contributed by atoms with Gasteiger partial charge in [-0.05, 0) is 37.7 Å². The van der Waals surface area contributed by atoms with Crippen LogP contribution in [0, 0.1) is 5.92 Å². The van der Waals surface area contributed by atoms with Crippen molar-refractivity contribution in [3.63, 3.8) is 0 Å². The summed E-state index contributed by atoms with van der Waals surface area (Å²) in [6, 6.07) is 9.73. The first-order valence-corrected chi connectivity index (χ1v) is 7.26. The summed E-state index contributed by atoms with van der Waals surface area (Å²) in [6.45, 7) is 2.10. The zero-order valence-corrected chi connectivity index (χ0v) is 12.9. The maximum atomic E-state index is 12.1. The highest BCUT2D eigenvalue weighted by Crippen LogP contribution is 2.27. The Bertz CT molecular complexity index is 404. The third kappa shape index (κ3) is 4.80. The lowest BCUT2D eigenvalue weighted by Gasteiger charge is -2.22. The molecule has 112 valence electrons. The predicted octanol–water partition coefficient (Wildman–Crippen LogP) is 2.67. The molecule has 1 amide bonds. The van der Waals surface area contributed by atoms with Gasteiger partial charge < -0.3 is 11.1 Å². The van der Waals surface area contributed by atoms with Crippen LogP contribution in [0.15, 0.2) is 30.3 Å². The molecular weight excluding hydrogens is 272 g/mol. The summed E-state index contributed by atoms with van der Waals surface area (Å²) in [5.74, 6) is 0.608. The van der Waals surface area contributed by atoms with E-state index in [1.165, 1.54) is 25.7 Å². The number of carbonyl (C=O) groups is 1. The molecule has 0 spiro atoms. The van der Waals surface area contributed by atoms with Crippen molar-refractivity contribution in [3.05, 3.63) is 35.9 Å². The molecule has 2 rings (SSSR count). The maximum Gasteiger partial charge on any atom is 0.237 e. The first kappa shape index (κ1) is 17.0. The van der Waals surface area contributed by atoms with Gasteiger partial charge in [-0.3, -0.25) is 4.79 Å². The van der Waals surface area contributed by atoms with Gasteiger partial charge in [0.1, 0.15) is 0 Å². The third-order valence-corrected chi connectivity index (χ3v) is 4.11. The van der Waals surface area contributed by atoms with E-state index in [1.807, 2.05) is 30.3 Å². The zero-order valence-electron chi connectivity index (χ0n) is 12.0. The van der Waals surface area contributed by atoms with Crippen LogP contribution in [0.3, 0.4) is 0 Å². The molecule has 4 heteroatoms. The molecule has 1 fully saturated rings. The minimum atomic E-state index is -0.453. The molecule has 1 aromatic carbocycles. The summed E-state index contributed by atoms with van der Waals surface area (Å²) in [5, 5.41) is 3.08. The van der Waals surface area contributed by atoms with Gasteiger partial charge in [0.25, 0.3) is 0 Å². The number of halogens is 1. The van der Waals surface area contributed by atoms with Crippen molar-refractivity contribution in [2.45, 2.75) is 51.1 Å². The molecule has 0 saturated heterocycles. The van der Waals surface area contributed by atoms with E-state index in [9.17, 15) is 4.79 Å². The summed E-state index contributed by atoms with van der Waals surface area (Å²) in [6.07, 6.45) is 5.65. The standard InChI is InChI=1S/C16H24N2O.ClH/c1-12(14-9-5-6-10-14)18-16(19)15(17)11-13-7-3-2-4-8-13;/h2-4,7-8,12,14-15H,5-6,9-11,17H2,1H3,(H,18,19);1H/t12?,15-;/m0./s1. The molecule has 3 N–H and O–H groups in total. The summed E-state index contributed by atoms with van der Waals surface area (Å²) in [5.41, 5.74) is 7.09. The Balaban J connectivity index is 0.00000200. The number of nitrogens with two attached hydrogens (primary N) is 1. The molecule has 1 aliphatic rings. The second kappa shape index (κ2) is 8.28. The van der Waals surface area contributed by atoms with E-state index >= 15 is 0 Å². The third-order valence-electron chi connectivity index (χ3n) is 4.11.